The van der Waals surface area contributed by atoms with Crippen LogP contribution in [0.4, 0.5) is 0 Å². The van der Waals surface area contributed by atoms with Crippen LogP contribution in [0.2, 0.25) is 0 Å². The van der Waals surface area contributed by atoms with E-state index in [4.69, 9.17) is 10.5 Å². The van der Waals surface area contributed by atoms with Gasteiger partial charge in [0, 0.05) is 12.6 Å². The summed E-state index contributed by atoms with van der Waals surface area (Å²) >= 11 is 0. The first kappa shape index (κ1) is 11.0. The minimum Gasteiger partial charge on any atom is -0.374 e. The van der Waals surface area contributed by atoms with Gasteiger partial charge < -0.3 is 10.5 Å². The topological polar surface area (TPSA) is 35.2 Å². The summed E-state index contributed by atoms with van der Waals surface area (Å²) < 4.78 is 5.88. The van der Waals surface area contributed by atoms with Crippen LogP contribution in [-0.2, 0) is 4.74 Å². The molecule has 1 fully saturated rings. The minimum absolute atomic E-state index is 0.0325. The molecule has 1 saturated carbocycles. The van der Waals surface area contributed by atoms with E-state index in [0.29, 0.717) is 0 Å². The Morgan fingerprint density at radius 1 is 1.31 bits per heavy atom. The van der Waals surface area contributed by atoms with E-state index in [1.807, 2.05) is 0 Å². The lowest BCUT2D eigenvalue weighted by Gasteiger charge is -2.35. The number of ether oxygens (including phenoxy) is 1. The maximum atomic E-state index is 6.19. The lowest BCUT2D eigenvalue weighted by atomic mass is 9.89. The number of rotatable bonds is 5. The Morgan fingerprint density at radius 2 is 1.92 bits per heavy atom. The van der Waals surface area contributed by atoms with Gasteiger partial charge in [0.2, 0.25) is 0 Å². The Morgan fingerprint density at radius 3 is 2.38 bits per heavy atom. The summed E-state index contributed by atoms with van der Waals surface area (Å²) in [5.41, 5.74) is 6.22. The first-order valence-corrected chi connectivity index (χ1v) is 5.64. The zero-order valence-corrected chi connectivity index (χ0v) is 9.01. The smallest absolute Gasteiger partial charge is 0.0832 e. The van der Waals surface area contributed by atoms with Crippen LogP contribution in [0.5, 0.6) is 0 Å². The van der Waals surface area contributed by atoms with E-state index in [2.05, 4.69) is 13.8 Å². The van der Waals surface area contributed by atoms with E-state index in [1.54, 1.807) is 0 Å². The molecule has 0 bridgehead atoms. The van der Waals surface area contributed by atoms with Crippen molar-refractivity contribution in [3.8, 4) is 0 Å². The van der Waals surface area contributed by atoms with Crippen LogP contribution in [0.25, 0.3) is 0 Å². The van der Waals surface area contributed by atoms with Crippen LogP contribution in [-0.4, -0.2) is 18.2 Å². The van der Waals surface area contributed by atoms with Crippen LogP contribution in [0, 0.1) is 0 Å². The standard InChI is InChI=1S/C11H23NO/c1-3-7-10(12)11(13-4-2)8-5-6-9-11/h10H,3-9,12H2,1-2H3. The largest absolute Gasteiger partial charge is 0.374 e. The van der Waals surface area contributed by atoms with Gasteiger partial charge >= 0.3 is 0 Å². The summed E-state index contributed by atoms with van der Waals surface area (Å²) in [5.74, 6) is 0. The van der Waals surface area contributed by atoms with Crippen LogP contribution < -0.4 is 5.73 Å². The molecule has 13 heavy (non-hydrogen) atoms. The molecular weight excluding hydrogens is 162 g/mol. The molecule has 0 amide bonds. The molecule has 0 aromatic rings. The summed E-state index contributed by atoms with van der Waals surface area (Å²) in [5, 5.41) is 0. The van der Waals surface area contributed by atoms with E-state index in [9.17, 15) is 0 Å². The van der Waals surface area contributed by atoms with Gasteiger partial charge in [-0.05, 0) is 26.2 Å². The molecule has 2 nitrogen and oxygen atoms in total. The molecule has 2 heteroatoms. The predicted molar refractivity (Wildman–Crippen MR) is 55.7 cm³/mol. The molecule has 0 radical (unpaired) electrons. The van der Waals surface area contributed by atoms with E-state index in [1.165, 1.54) is 25.7 Å². The van der Waals surface area contributed by atoms with Crippen molar-refractivity contribution in [1.29, 1.82) is 0 Å². The second-order valence-corrected chi connectivity index (χ2v) is 4.10. The molecule has 1 atom stereocenters. The molecule has 0 heterocycles. The molecule has 2 N–H and O–H groups in total. The van der Waals surface area contributed by atoms with Crippen molar-refractivity contribution in [1.82, 2.24) is 0 Å². The zero-order chi connectivity index (χ0) is 9.73. The van der Waals surface area contributed by atoms with Gasteiger partial charge in [0.15, 0.2) is 0 Å². The monoisotopic (exact) mass is 185 g/mol. The Labute approximate surface area is 81.8 Å². The Bertz CT molecular complexity index is 141. The maximum absolute atomic E-state index is 6.19. The molecule has 1 aliphatic rings. The number of nitrogens with two attached hydrogens (primary N) is 1. The van der Waals surface area contributed by atoms with Crippen molar-refractivity contribution in [3.63, 3.8) is 0 Å². The summed E-state index contributed by atoms with van der Waals surface area (Å²) in [6.45, 7) is 5.06. The van der Waals surface area contributed by atoms with Gasteiger partial charge in [-0.1, -0.05) is 26.2 Å². The van der Waals surface area contributed by atoms with Gasteiger partial charge in [-0.25, -0.2) is 0 Å². The molecule has 1 aliphatic carbocycles. The third-order valence-corrected chi connectivity index (χ3v) is 3.16. The van der Waals surface area contributed by atoms with Crippen LogP contribution >= 0.6 is 0 Å². The first-order chi connectivity index (χ1) is 6.25. The SMILES string of the molecule is CCCC(N)C1(OCC)CCCC1. The average Bonchev–Trinajstić information content (AvgIpc) is 2.55. The highest BCUT2D eigenvalue weighted by molar-refractivity contribution is 4.95. The fourth-order valence-electron chi connectivity index (χ4n) is 2.46. The number of hydrogen-bond acceptors (Lipinski definition) is 2. The lowest BCUT2D eigenvalue weighted by Crippen LogP contribution is -2.48. The van der Waals surface area contributed by atoms with Crippen molar-refractivity contribution >= 4 is 0 Å². The summed E-state index contributed by atoms with van der Waals surface area (Å²) in [6, 6.07) is 0.250. The fraction of sp³-hybridized carbons (Fsp3) is 1.00. The summed E-state index contributed by atoms with van der Waals surface area (Å²) in [7, 11) is 0. The second-order valence-electron chi connectivity index (χ2n) is 4.10. The van der Waals surface area contributed by atoms with Crippen LogP contribution in [0.15, 0.2) is 0 Å². The normalized spacial score (nSPS) is 23.3. The van der Waals surface area contributed by atoms with Crippen LogP contribution in [0.3, 0.4) is 0 Å². The molecule has 78 valence electrons. The highest BCUT2D eigenvalue weighted by Crippen LogP contribution is 2.36. The van der Waals surface area contributed by atoms with Crippen molar-refractivity contribution < 1.29 is 4.74 Å². The Hall–Kier alpha value is -0.0800. The van der Waals surface area contributed by atoms with Gasteiger partial charge in [-0.15, -0.1) is 0 Å². The first-order valence-electron chi connectivity index (χ1n) is 5.64. The maximum Gasteiger partial charge on any atom is 0.0832 e. The molecule has 0 saturated heterocycles. The van der Waals surface area contributed by atoms with Gasteiger partial charge in [0.05, 0.1) is 5.60 Å². The molecule has 0 aromatic carbocycles. The Balaban J connectivity index is 2.54. The van der Waals surface area contributed by atoms with Crippen molar-refractivity contribution in [2.45, 2.75) is 64.0 Å². The highest BCUT2D eigenvalue weighted by atomic mass is 16.5. The van der Waals surface area contributed by atoms with E-state index in [-0.39, 0.29) is 11.6 Å². The second kappa shape index (κ2) is 4.97. The van der Waals surface area contributed by atoms with E-state index < -0.39 is 0 Å². The van der Waals surface area contributed by atoms with Crippen molar-refractivity contribution in [2.75, 3.05) is 6.61 Å². The molecule has 0 aromatic heterocycles. The fourth-order valence-corrected chi connectivity index (χ4v) is 2.46. The van der Waals surface area contributed by atoms with Crippen LogP contribution in [0.1, 0.15) is 52.4 Å². The molecular formula is C11H23NO. The highest BCUT2D eigenvalue weighted by Gasteiger charge is 2.39. The molecule has 1 rings (SSSR count). The Kier molecular flexibility index (Phi) is 4.20. The third-order valence-electron chi connectivity index (χ3n) is 3.16. The van der Waals surface area contributed by atoms with Gasteiger partial charge in [-0.3, -0.25) is 0 Å². The van der Waals surface area contributed by atoms with Gasteiger partial charge in [-0.2, -0.15) is 0 Å². The summed E-state index contributed by atoms with van der Waals surface area (Å²) in [4.78, 5) is 0. The lowest BCUT2D eigenvalue weighted by molar-refractivity contribution is -0.0543. The van der Waals surface area contributed by atoms with E-state index >= 15 is 0 Å². The van der Waals surface area contributed by atoms with Crippen molar-refractivity contribution in [3.05, 3.63) is 0 Å². The average molecular weight is 185 g/mol. The summed E-state index contributed by atoms with van der Waals surface area (Å²) in [6.07, 6.45) is 7.18. The predicted octanol–water partition coefficient (Wildman–Crippen LogP) is 2.46. The van der Waals surface area contributed by atoms with Gasteiger partial charge in [0.1, 0.15) is 0 Å². The van der Waals surface area contributed by atoms with Crippen molar-refractivity contribution in [2.24, 2.45) is 5.73 Å². The van der Waals surface area contributed by atoms with E-state index in [0.717, 1.165) is 19.4 Å². The quantitative estimate of drug-likeness (QED) is 0.714. The molecule has 1 unspecified atom stereocenters. The number of hydrogen-bond donors (Lipinski definition) is 1. The third kappa shape index (κ3) is 2.44. The molecule has 0 aliphatic heterocycles. The minimum atomic E-state index is 0.0325. The molecule has 0 spiro atoms. The zero-order valence-electron chi connectivity index (χ0n) is 9.01. The van der Waals surface area contributed by atoms with Gasteiger partial charge in [0.25, 0.3) is 0 Å².